The van der Waals surface area contributed by atoms with Gasteiger partial charge >= 0.3 is 0 Å². The summed E-state index contributed by atoms with van der Waals surface area (Å²) >= 11 is 3.46. The molecule has 1 unspecified atom stereocenters. The minimum atomic E-state index is -3.25. The van der Waals surface area contributed by atoms with Gasteiger partial charge in [-0.15, -0.1) is 0 Å². The van der Waals surface area contributed by atoms with Crippen molar-refractivity contribution >= 4 is 37.5 Å². The van der Waals surface area contributed by atoms with Crippen LogP contribution in [0.25, 0.3) is 0 Å². The van der Waals surface area contributed by atoms with Gasteiger partial charge in [-0.2, -0.15) is 0 Å². The maximum absolute atomic E-state index is 12.8. The third-order valence-electron chi connectivity index (χ3n) is 4.45. The fourth-order valence-corrected chi connectivity index (χ4v) is 4.86. The van der Waals surface area contributed by atoms with Crippen molar-refractivity contribution in [3.05, 3.63) is 28.2 Å². The molecule has 1 aliphatic rings. The van der Waals surface area contributed by atoms with E-state index < -0.39 is 10.0 Å². The highest BCUT2D eigenvalue weighted by Crippen LogP contribution is 2.26. The number of halogens is 1. The van der Waals surface area contributed by atoms with Crippen LogP contribution in [0.5, 0.6) is 0 Å². The van der Waals surface area contributed by atoms with E-state index in [1.807, 2.05) is 32.0 Å². The van der Waals surface area contributed by atoms with Crippen LogP contribution in [0.15, 0.2) is 22.7 Å². The molecule has 7 heteroatoms. The van der Waals surface area contributed by atoms with Crippen LogP contribution in [-0.4, -0.2) is 44.5 Å². The molecule has 1 aromatic rings. The molecular weight excluding hydrogens is 392 g/mol. The van der Waals surface area contributed by atoms with Crippen LogP contribution in [0.2, 0.25) is 0 Å². The molecule has 0 saturated carbocycles. The van der Waals surface area contributed by atoms with Gasteiger partial charge in [-0.05, 0) is 49.9 Å². The Morgan fingerprint density at radius 1 is 1.42 bits per heavy atom. The molecule has 1 aromatic carbocycles. The average Bonchev–Trinajstić information content (AvgIpc) is 2.56. The van der Waals surface area contributed by atoms with E-state index in [-0.39, 0.29) is 17.6 Å². The van der Waals surface area contributed by atoms with Gasteiger partial charge in [0.05, 0.1) is 11.7 Å². The first-order valence-corrected chi connectivity index (χ1v) is 10.7. The number of nitrogens with zero attached hydrogens (tertiary/aromatic N) is 2. The normalized spacial score (nSPS) is 19.2. The number of carbonyl (C=O) groups is 1. The van der Waals surface area contributed by atoms with Crippen molar-refractivity contribution in [2.45, 2.75) is 33.1 Å². The third-order valence-corrected chi connectivity index (χ3v) is 7.38. The zero-order chi connectivity index (χ0) is 17.9. The lowest BCUT2D eigenvalue weighted by molar-refractivity contribution is -0.123. The Balaban J connectivity index is 2.12. The zero-order valence-corrected chi connectivity index (χ0v) is 16.9. The van der Waals surface area contributed by atoms with Gasteiger partial charge in [0.15, 0.2) is 0 Å². The Labute approximate surface area is 153 Å². The van der Waals surface area contributed by atoms with E-state index in [2.05, 4.69) is 15.9 Å². The molecule has 24 heavy (non-hydrogen) atoms. The van der Waals surface area contributed by atoms with Gasteiger partial charge in [0.25, 0.3) is 0 Å². The number of rotatable bonds is 5. The van der Waals surface area contributed by atoms with Crippen LogP contribution in [0.4, 0.5) is 5.69 Å². The molecule has 1 saturated heterocycles. The standard InChI is InChI=1S/C17H25BrN2O3S/c1-4-10-24(22,23)20-9-5-6-14(12-20)17(21)19(3)15-7-8-16(18)13(2)11-15/h7-8,11,14H,4-6,9-10,12H2,1-3H3. The highest BCUT2D eigenvalue weighted by atomic mass is 79.9. The Morgan fingerprint density at radius 3 is 2.75 bits per heavy atom. The maximum atomic E-state index is 12.8. The van der Waals surface area contributed by atoms with Crippen molar-refractivity contribution in [3.63, 3.8) is 0 Å². The highest BCUT2D eigenvalue weighted by molar-refractivity contribution is 9.10. The molecule has 1 heterocycles. The summed E-state index contributed by atoms with van der Waals surface area (Å²) in [5, 5.41) is 0. The molecule has 1 atom stereocenters. The summed E-state index contributed by atoms with van der Waals surface area (Å²) in [5.41, 5.74) is 1.89. The predicted octanol–water partition coefficient (Wildman–Crippen LogP) is 3.17. The van der Waals surface area contributed by atoms with Gasteiger partial charge in [-0.1, -0.05) is 22.9 Å². The molecule has 1 amide bonds. The Hall–Kier alpha value is -0.920. The first-order valence-electron chi connectivity index (χ1n) is 8.27. The molecule has 0 spiro atoms. The summed E-state index contributed by atoms with van der Waals surface area (Å²) in [6.07, 6.45) is 2.05. The summed E-state index contributed by atoms with van der Waals surface area (Å²) in [6, 6.07) is 5.77. The number of anilines is 1. The quantitative estimate of drug-likeness (QED) is 0.740. The SMILES string of the molecule is CCCS(=O)(=O)N1CCCC(C(=O)N(C)c2ccc(Br)c(C)c2)C1. The number of piperidine rings is 1. The molecule has 0 N–H and O–H groups in total. The lowest BCUT2D eigenvalue weighted by atomic mass is 9.98. The third kappa shape index (κ3) is 4.37. The van der Waals surface area contributed by atoms with Gasteiger partial charge in [0.2, 0.25) is 15.9 Å². The van der Waals surface area contributed by atoms with E-state index in [0.717, 1.165) is 28.6 Å². The van der Waals surface area contributed by atoms with Gasteiger partial charge in [0, 0.05) is 30.3 Å². The summed E-state index contributed by atoms with van der Waals surface area (Å²) in [5.74, 6) is -0.150. The Morgan fingerprint density at radius 2 is 2.12 bits per heavy atom. The van der Waals surface area contributed by atoms with E-state index in [4.69, 9.17) is 0 Å². The van der Waals surface area contributed by atoms with Crippen molar-refractivity contribution in [1.82, 2.24) is 4.31 Å². The number of hydrogen-bond acceptors (Lipinski definition) is 3. The number of benzene rings is 1. The van der Waals surface area contributed by atoms with E-state index in [1.54, 1.807) is 11.9 Å². The average molecular weight is 417 g/mol. The molecule has 0 bridgehead atoms. The summed E-state index contributed by atoms with van der Waals surface area (Å²) in [4.78, 5) is 14.5. The van der Waals surface area contributed by atoms with Crippen LogP contribution in [0.1, 0.15) is 31.7 Å². The second kappa shape index (κ2) is 7.97. The van der Waals surface area contributed by atoms with Crippen molar-refractivity contribution < 1.29 is 13.2 Å². The molecular formula is C17H25BrN2O3S. The zero-order valence-electron chi connectivity index (χ0n) is 14.5. The lowest BCUT2D eigenvalue weighted by Gasteiger charge is -2.33. The van der Waals surface area contributed by atoms with E-state index in [1.165, 1.54) is 4.31 Å². The first kappa shape index (κ1) is 19.4. The minimum absolute atomic E-state index is 0.0203. The molecule has 0 aliphatic carbocycles. The van der Waals surface area contributed by atoms with Gasteiger partial charge < -0.3 is 4.90 Å². The second-order valence-electron chi connectivity index (χ2n) is 6.34. The van der Waals surface area contributed by atoms with E-state index in [9.17, 15) is 13.2 Å². The Kier molecular flexibility index (Phi) is 6.45. The summed E-state index contributed by atoms with van der Waals surface area (Å²) in [6.45, 7) is 4.65. The van der Waals surface area contributed by atoms with Gasteiger partial charge in [0.1, 0.15) is 0 Å². The molecule has 5 nitrogen and oxygen atoms in total. The van der Waals surface area contributed by atoms with Crippen molar-refractivity contribution in [3.8, 4) is 0 Å². The second-order valence-corrected chi connectivity index (χ2v) is 9.29. The molecule has 0 radical (unpaired) electrons. The van der Waals surface area contributed by atoms with Gasteiger partial charge in [-0.25, -0.2) is 12.7 Å². The molecule has 2 rings (SSSR count). The molecule has 134 valence electrons. The van der Waals surface area contributed by atoms with E-state index >= 15 is 0 Å². The Bertz CT molecular complexity index is 706. The topological polar surface area (TPSA) is 57.7 Å². The van der Waals surface area contributed by atoms with Crippen LogP contribution < -0.4 is 4.90 Å². The van der Waals surface area contributed by atoms with Crippen molar-refractivity contribution in [2.75, 3.05) is 30.8 Å². The largest absolute Gasteiger partial charge is 0.315 e. The number of hydrogen-bond donors (Lipinski definition) is 0. The molecule has 1 aliphatic heterocycles. The number of amides is 1. The predicted molar refractivity (Wildman–Crippen MR) is 101 cm³/mol. The van der Waals surface area contributed by atoms with Crippen LogP contribution in [0.3, 0.4) is 0 Å². The fourth-order valence-electron chi connectivity index (χ4n) is 3.02. The van der Waals surface area contributed by atoms with Crippen molar-refractivity contribution in [2.24, 2.45) is 5.92 Å². The molecule has 0 aromatic heterocycles. The van der Waals surface area contributed by atoms with Gasteiger partial charge in [-0.3, -0.25) is 4.79 Å². The smallest absolute Gasteiger partial charge is 0.231 e. The monoisotopic (exact) mass is 416 g/mol. The summed E-state index contributed by atoms with van der Waals surface area (Å²) in [7, 11) is -1.49. The number of aryl methyl sites for hydroxylation is 1. The molecule has 1 fully saturated rings. The number of sulfonamides is 1. The first-order chi connectivity index (χ1) is 11.3. The van der Waals surface area contributed by atoms with E-state index in [0.29, 0.717) is 19.5 Å². The summed E-state index contributed by atoms with van der Waals surface area (Å²) < 4.78 is 27.0. The van der Waals surface area contributed by atoms with Crippen LogP contribution >= 0.6 is 15.9 Å². The minimum Gasteiger partial charge on any atom is -0.315 e. The van der Waals surface area contributed by atoms with Crippen molar-refractivity contribution in [1.29, 1.82) is 0 Å². The van der Waals surface area contributed by atoms with Crippen LogP contribution in [0, 0.1) is 12.8 Å². The number of carbonyl (C=O) groups excluding carboxylic acids is 1. The lowest BCUT2D eigenvalue weighted by Crippen LogP contribution is -2.46. The maximum Gasteiger partial charge on any atom is 0.231 e. The fraction of sp³-hybridized carbons (Fsp3) is 0.588. The van der Waals surface area contributed by atoms with Crippen LogP contribution in [-0.2, 0) is 14.8 Å². The highest BCUT2D eigenvalue weighted by Gasteiger charge is 2.33.